The van der Waals surface area contributed by atoms with Crippen LogP contribution >= 0.6 is 0 Å². The quantitative estimate of drug-likeness (QED) is 0.687. The molecule has 0 spiro atoms. The Labute approximate surface area is 195 Å². The maximum Gasteiger partial charge on any atom is 0.219 e. The van der Waals surface area contributed by atoms with Crippen LogP contribution in [0.1, 0.15) is 31.2 Å². The molecule has 178 valence electrons. The second-order valence-corrected chi connectivity index (χ2v) is 9.76. The minimum absolute atomic E-state index is 0.0709. The molecule has 0 unspecified atom stereocenters. The minimum Gasteiger partial charge on any atom is -0.377 e. The third-order valence-electron chi connectivity index (χ3n) is 7.21. The van der Waals surface area contributed by atoms with Crippen LogP contribution in [0.5, 0.6) is 0 Å². The van der Waals surface area contributed by atoms with Crippen molar-refractivity contribution >= 4 is 11.6 Å². The van der Waals surface area contributed by atoms with E-state index >= 15 is 0 Å². The Morgan fingerprint density at radius 3 is 2.45 bits per heavy atom. The highest BCUT2D eigenvalue weighted by Gasteiger charge is 2.41. The van der Waals surface area contributed by atoms with Crippen LogP contribution in [0.4, 0.5) is 5.69 Å². The van der Waals surface area contributed by atoms with Crippen molar-refractivity contribution in [2.75, 3.05) is 57.4 Å². The van der Waals surface area contributed by atoms with Gasteiger partial charge in [-0.1, -0.05) is 23.4 Å². The molecule has 0 aliphatic carbocycles. The van der Waals surface area contributed by atoms with Gasteiger partial charge in [-0.25, -0.2) is 0 Å². The van der Waals surface area contributed by atoms with Crippen molar-refractivity contribution < 1.29 is 14.1 Å². The molecule has 3 fully saturated rings. The Balaban J connectivity index is 1.11. The van der Waals surface area contributed by atoms with Crippen LogP contribution in [0.25, 0.3) is 0 Å². The first-order valence-electron chi connectivity index (χ1n) is 12.2. The van der Waals surface area contributed by atoms with Crippen LogP contribution in [0.2, 0.25) is 0 Å². The molecule has 1 amide bonds. The Kier molecular flexibility index (Phi) is 6.66. The summed E-state index contributed by atoms with van der Waals surface area (Å²) >= 11 is 0. The molecule has 4 heterocycles. The van der Waals surface area contributed by atoms with Crippen LogP contribution in [0.3, 0.4) is 0 Å². The molecule has 33 heavy (non-hydrogen) atoms. The standard InChI is InChI=1S/C25H35N5O3/c1-20(31)29-9-7-21(8-10-29)26-25(18-32-19-25)16-22-15-24(33-27-22)17-28-11-13-30(14-12-28)23-5-3-2-4-6-23/h2-6,15,21,26H,7-14,16-19H2,1H3. The SMILES string of the molecule is CC(=O)N1CCC(NC2(Cc3cc(CN4CCN(c5ccccc5)CC4)on3)COC2)CC1. The van der Waals surface area contributed by atoms with Crippen LogP contribution in [-0.2, 0) is 22.5 Å². The summed E-state index contributed by atoms with van der Waals surface area (Å²) in [7, 11) is 0. The highest BCUT2D eigenvalue weighted by molar-refractivity contribution is 5.73. The molecule has 0 atom stereocenters. The van der Waals surface area contributed by atoms with E-state index in [1.807, 2.05) is 4.90 Å². The van der Waals surface area contributed by atoms with Crippen LogP contribution < -0.4 is 10.2 Å². The van der Waals surface area contributed by atoms with Gasteiger partial charge in [-0.05, 0) is 25.0 Å². The number of aromatic nitrogens is 1. The van der Waals surface area contributed by atoms with Crippen molar-refractivity contribution in [1.82, 2.24) is 20.3 Å². The molecule has 3 aliphatic rings. The van der Waals surface area contributed by atoms with Gasteiger partial charge in [0.1, 0.15) is 0 Å². The van der Waals surface area contributed by atoms with E-state index in [4.69, 9.17) is 9.26 Å². The van der Waals surface area contributed by atoms with E-state index in [0.29, 0.717) is 19.3 Å². The van der Waals surface area contributed by atoms with Crippen LogP contribution in [0.15, 0.2) is 40.9 Å². The Bertz CT molecular complexity index is 913. The number of ether oxygens (including phenoxy) is 1. The number of piperazine rings is 1. The van der Waals surface area contributed by atoms with Gasteiger partial charge in [0.2, 0.25) is 5.91 Å². The summed E-state index contributed by atoms with van der Waals surface area (Å²) in [6.07, 6.45) is 2.78. The van der Waals surface area contributed by atoms with E-state index in [-0.39, 0.29) is 11.4 Å². The lowest BCUT2D eigenvalue weighted by Gasteiger charge is -2.46. The minimum atomic E-state index is -0.0709. The fourth-order valence-electron chi connectivity index (χ4n) is 5.24. The van der Waals surface area contributed by atoms with Gasteiger partial charge in [0.05, 0.1) is 31.0 Å². The number of piperidine rings is 1. The number of carbonyl (C=O) groups excluding carboxylic acids is 1. The molecule has 1 aromatic carbocycles. The van der Waals surface area contributed by atoms with Crippen molar-refractivity contribution in [3.63, 3.8) is 0 Å². The Morgan fingerprint density at radius 1 is 1.09 bits per heavy atom. The number of hydrogen-bond acceptors (Lipinski definition) is 7. The number of nitrogens with zero attached hydrogens (tertiary/aromatic N) is 4. The second kappa shape index (κ2) is 9.83. The number of rotatable bonds is 7. The molecule has 1 aromatic heterocycles. The topological polar surface area (TPSA) is 74.1 Å². The zero-order valence-electron chi connectivity index (χ0n) is 19.5. The lowest BCUT2D eigenvalue weighted by molar-refractivity contribution is -0.130. The zero-order valence-corrected chi connectivity index (χ0v) is 19.5. The molecule has 2 aromatic rings. The predicted molar refractivity (Wildman–Crippen MR) is 126 cm³/mol. The smallest absolute Gasteiger partial charge is 0.219 e. The van der Waals surface area contributed by atoms with Gasteiger partial charge in [-0.3, -0.25) is 9.69 Å². The van der Waals surface area contributed by atoms with E-state index in [0.717, 1.165) is 76.5 Å². The number of para-hydroxylation sites is 1. The predicted octanol–water partition coefficient (Wildman–Crippen LogP) is 1.91. The summed E-state index contributed by atoms with van der Waals surface area (Å²) in [6.45, 7) is 9.59. The average Bonchev–Trinajstić information content (AvgIpc) is 3.25. The summed E-state index contributed by atoms with van der Waals surface area (Å²) < 4.78 is 11.3. The van der Waals surface area contributed by atoms with E-state index in [2.05, 4.69) is 56.7 Å². The first-order chi connectivity index (χ1) is 16.1. The van der Waals surface area contributed by atoms with Crippen LogP contribution in [0, 0.1) is 0 Å². The normalized spacial score (nSPS) is 21.7. The van der Waals surface area contributed by atoms with E-state index < -0.39 is 0 Å². The van der Waals surface area contributed by atoms with E-state index in [1.54, 1.807) is 6.92 Å². The van der Waals surface area contributed by atoms with Gasteiger partial charge in [-0.2, -0.15) is 0 Å². The average molecular weight is 454 g/mol. The molecule has 0 radical (unpaired) electrons. The molecule has 0 bridgehead atoms. The van der Waals surface area contributed by atoms with Crippen molar-refractivity contribution in [2.45, 2.75) is 44.3 Å². The van der Waals surface area contributed by atoms with Crippen molar-refractivity contribution in [1.29, 1.82) is 0 Å². The number of likely N-dealkylation sites (tertiary alicyclic amines) is 1. The Hall–Kier alpha value is -2.42. The van der Waals surface area contributed by atoms with Crippen LogP contribution in [-0.4, -0.2) is 84.9 Å². The van der Waals surface area contributed by atoms with Gasteiger partial charge in [0, 0.05) is 70.4 Å². The molecule has 8 nitrogen and oxygen atoms in total. The number of anilines is 1. The molecule has 3 saturated heterocycles. The number of amides is 1. The van der Waals surface area contributed by atoms with E-state index in [1.165, 1.54) is 5.69 Å². The number of carbonyl (C=O) groups is 1. The molecule has 5 rings (SSSR count). The largest absolute Gasteiger partial charge is 0.377 e. The second-order valence-electron chi connectivity index (χ2n) is 9.76. The number of benzene rings is 1. The molecule has 0 saturated carbocycles. The van der Waals surface area contributed by atoms with Gasteiger partial charge < -0.3 is 24.4 Å². The molecular weight excluding hydrogens is 418 g/mol. The van der Waals surface area contributed by atoms with Gasteiger partial charge in [0.25, 0.3) is 0 Å². The first-order valence-corrected chi connectivity index (χ1v) is 12.2. The first kappa shape index (κ1) is 22.4. The highest BCUT2D eigenvalue weighted by Crippen LogP contribution is 2.26. The number of hydrogen-bond donors (Lipinski definition) is 1. The van der Waals surface area contributed by atoms with E-state index in [9.17, 15) is 4.79 Å². The molecule has 3 aliphatic heterocycles. The molecule has 8 heteroatoms. The third kappa shape index (κ3) is 5.39. The van der Waals surface area contributed by atoms with Crippen molar-refractivity contribution in [3.8, 4) is 0 Å². The third-order valence-corrected chi connectivity index (χ3v) is 7.21. The highest BCUT2D eigenvalue weighted by atomic mass is 16.5. The molecule has 1 N–H and O–H groups in total. The Morgan fingerprint density at radius 2 is 1.82 bits per heavy atom. The summed E-state index contributed by atoms with van der Waals surface area (Å²) in [4.78, 5) is 18.4. The summed E-state index contributed by atoms with van der Waals surface area (Å²) in [5.41, 5.74) is 2.22. The fourth-order valence-corrected chi connectivity index (χ4v) is 5.24. The monoisotopic (exact) mass is 453 g/mol. The lowest BCUT2D eigenvalue weighted by Crippen LogP contribution is -2.65. The zero-order chi connectivity index (χ0) is 22.7. The maximum absolute atomic E-state index is 11.6. The van der Waals surface area contributed by atoms with Crippen molar-refractivity contribution in [2.24, 2.45) is 0 Å². The fraction of sp³-hybridized carbons (Fsp3) is 0.600. The summed E-state index contributed by atoms with van der Waals surface area (Å²) in [5.74, 6) is 1.11. The number of nitrogens with one attached hydrogen (secondary N) is 1. The summed E-state index contributed by atoms with van der Waals surface area (Å²) in [5, 5.41) is 8.21. The summed E-state index contributed by atoms with van der Waals surface area (Å²) in [6, 6.07) is 13.1. The van der Waals surface area contributed by atoms with Gasteiger partial charge >= 0.3 is 0 Å². The van der Waals surface area contributed by atoms with Gasteiger partial charge in [0.15, 0.2) is 5.76 Å². The van der Waals surface area contributed by atoms with Crippen molar-refractivity contribution in [3.05, 3.63) is 47.9 Å². The lowest BCUT2D eigenvalue weighted by atomic mass is 9.88. The van der Waals surface area contributed by atoms with Gasteiger partial charge in [-0.15, -0.1) is 0 Å². The maximum atomic E-state index is 11.6. The molecular formula is C25H35N5O3.